The van der Waals surface area contributed by atoms with Gasteiger partial charge in [0, 0.05) is 38.4 Å². The lowest BCUT2D eigenvalue weighted by Crippen LogP contribution is -2.41. The largest absolute Gasteiger partial charge is 0.378 e. The first-order valence-electron chi connectivity index (χ1n) is 7.67. The molecule has 2 fully saturated rings. The molecule has 0 aliphatic carbocycles. The van der Waals surface area contributed by atoms with Crippen molar-refractivity contribution in [2.45, 2.75) is 12.5 Å². The molecule has 0 unspecified atom stereocenters. The van der Waals surface area contributed by atoms with E-state index in [1.54, 1.807) is 0 Å². The van der Waals surface area contributed by atoms with Crippen molar-refractivity contribution in [3.05, 3.63) is 29.8 Å². The van der Waals surface area contributed by atoms with Gasteiger partial charge in [-0.25, -0.2) is 0 Å². The number of para-hydroxylation sites is 1. The zero-order valence-corrected chi connectivity index (χ0v) is 12.5. The lowest BCUT2D eigenvalue weighted by Gasteiger charge is -2.32. The Bertz CT molecular complexity index is 494. The highest BCUT2D eigenvalue weighted by Crippen LogP contribution is 2.24. The Balaban J connectivity index is 1.81. The van der Waals surface area contributed by atoms with Crippen molar-refractivity contribution in [2.24, 2.45) is 0 Å². The third-order valence-electron chi connectivity index (χ3n) is 4.39. The Hall–Kier alpha value is -1.59. The molecule has 21 heavy (non-hydrogen) atoms. The van der Waals surface area contributed by atoms with Crippen LogP contribution in [-0.2, 0) is 4.74 Å². The summed E-state index contributed by atoms with van der Waals surface area (Å²) in [7, 11) is 1.91. The van der Waals surface area contributed by atoms with E-state index in [1.165, 1.54) is 0 Å². The maximum absolute atomic E-state index is 12.8. The van der Waals surface area contributed by atoms with Gasteiger partial charge in [-0.05, 0) is 25.1 Å². The Labute approximate surface area is 125 Å². The van der Waals surface area contributed by atoms with E-state index >= 15 is 0 Å². The lowest BCUT2D eigenvalue weighted by molar-refractivity contribution is 0.0743. The summed E-state index contributed by atoms with van der Waals surface area (Å²) in [6.45, 7) is 5.03. The molecule has 2 aliphatic rings. The van der Waals surface area contributed by atoms with Crippen molar-refractivity contribution < 1.29 is 9.53 Å². The molecule has 0 radical (unpaired) electrons. The zero-order chi connectivity index (χ0) is 14.7. The van der Waals surface area contributed by atoms with Gasteiger partial charge in [0.05, 0.1) is 18.8 Å². The predicted molar refractivity (Wildman–Crippen MR) is 82.8 cm³/mol. The average Bonchev–Trinajstić information content (AvgIpc) is 3.09. The van der Waals surface area contributed by atoms with E-state index in [-0.39, 0.29) is 5.91 Å². The van der Waals surface area contributed by atoms with Crippen LogP contribution in [0.4, 0.5) is 5.69 Å². The fraction of sp³-hybridized carbons (Fsp3) is 0.562. The first kappa shape index (κ1) is 14.4. The van der Waals surface area contributed by atoms with Crippen LogP contribution < -0.4 is 10.2 Å². The topological polar surface area (TPSA) is 44.8 Å². The van der Waals surface area contributed by atoms with Crippen LogP contribution in [0.15, 0.2) is 24.3 Å². The van der Waals surface area contributed by atoms with Gasteiger partial charge in [-0.1, -0.05) is 12.1 Å². The summed E-state index contributed by atoms with van der Waals surface area (Å²) >= 11 is 0. The molecule has 1 aromatic carbocycles. The number of ether oxygens (including phenoxy) is 1. The smallest absolute Gasteiger partial charge is 0.255 e. The number of carbonyl (C=O) groups excluding carboxylic acids is 1. The molecule has 2 saturated heterocycles. The summed E-state index contributed by atoms with van der Waals surface area (Å²) in [5.41, 5.74) is 1.83. The molecule has 114 valence electrons. The van der Waals surface area contributed by atoms with E-state index in [0.29, 0.717) is 6.04 Å². The highest BCUT2D eigenvalue weighted by molar-refractivity contribution is 5.99. The number of amides is 1. The van der Waals surface area contributed by atoms with Crippen molar-refractivity contribution in [2.75, 3.05) is 51.3 Å². The number of morpholine rings is 1. The molecule has 5 heteroatoms. The highest BCUT2D eigenvalue weighted by atomic mass is 16.5. The Morgan fingerprint density at radius 3 is 2.81 bits per heavy atom. The molecule has 0 bridgehead atoms. The van der Waals surface area contributed by atoms with Gasteiger partial charge in [-0.15, -0.1) is 0 Å². The molecule has 3 rings (SSSR count). The van der Waals surface area contributed by atoms with Gasteiger partial charge in [-0.3, -0.25) is 4.79 Å². The van der Waals surface area contributed by atoms with E-state index < -0.39 is 0 Å². The lowest BCUT2D eigenvalue weighted by atomic mass is 10.1. The van der Waals surface area contributed by atoms with Gasteiger partial charge in [0.15, 0.2) is 0 Å². The second kappa shape index (κ2) is 6.45. The minimum Gasteiger partial charge on any atom is -0.378 e. The Morgan fingerprint density at radius 2 is 2.10 bits per heavy atom. The van der Waals surface area contributed by atoms with Crippen LogP contribution in [-0.4, -0.2) is 63.3 Å². The first-order valence-corrected chi connectivity index (χ1v) is 7.67. The van der Waals surface area contributed by atoms with Crippen LogP contribution in [0.1, 0.15) is 16.8 Å². The third kappa shape index (κ3) is 3.04. The molecule has 0 aromatic heterocycles. The summed E-state index contributed by atoms with van der Waals surface area (Å²) in [4.78, 5) is 17.0. The maximum Gasteiger partial charge on any atom is 0.255 e. The molecular formula is C16H23N3O2. The highest BCUT2D eigenvalue weighted by Gasteiger charge is 2.26. The van der Waals surface area contributed by atoms with Gasteiger partial charge in [0.2, 0.25) is 0 Å². The van der Waals surface area contributed by atoms with Crippen LogP contribution in [0, 0.1) is 0 Å². The quantitative estimate of drug-likeness (QED) is 0.900. The second-order valence-corrected chi connectivity index (χ2v) is 5.68. The number of benzene rings is 1. The molecule has 2 aliphatic heterocycles. The van der Waals surface area contributed by atoms with Crippen LogP contribution in [0.5, 0.6) is 0 Å². The maximum atomic E-state index is 12.8. The molecule has 0 saturated carbocycles. The second-order valence-electron chi connectivity index (χ2n) is 5.68. The first-order chi connectivity index (χ1) is 10.3. The van der Waals surface area contributed by atoms with Crippen LogP contribution in [0.2, 0.25) is 0 Å². The molecule has 1 N–H and O–H groups in total. The number of carbonyl (C=O) groups is 1. The normalized spacial score (nSPS) is 22.3. The molecule has 0 spiro atoms. The van der Waals surface area contributed by atoms with Gasteiger partial charge in [0.25, 0.3) is 5.91 Å². The number of anilines is 1. The monoisotopic (exact) mass is 289 g/mol. The average molecular weight is 289 g/mol. The van der Waals surface area contributed by atoms with Crippen molar-refractivity contribution in [1.29, 1.82) is 0 Å². The molecule has 5 nitrogen and oxygen atoms in total. The molecule has 1 aromatic rings. The van der Waals surface area contributed by atoms with E-state index in [4.69, 9.17) is 4.74 Å². The summed E-state index contributed by atoms with van der Waals surface area (Å²) in [5, 5.41) is 3.32. The Morgan fingerprint density at radius 1 is 1.33 bits per heavy atom. The summed E-state index contributed by atoms with van der Waals surface area (Å²) in [6, 6.07) is 8.22. The van der Waals surface area contributed by atoms with E-state index in [1.807, 2.05) is 36.2 Å². The fourth-order valence-electron chi connectivity index (χ4n) is 3.06. The summed E-state index contributed by atoms with van der Waals surface area (Å²) in [5.74, 6) is 0.116. The Kier molecular flexibility index (Phi) is 4.41. The van der Waals surface area contributed by atoms with Crippen molar-refractivity contribution in [1.82, 2.24) is 10.2 Å². The standard InChI is InChI=1S/C16H23N3O2/c1-18(13-6-7-17-12-13)16(20)14-4-2-3-5-15(14)19-8-10-21-11-9-19/h2-5,13,17H,6-12H2,1H3/t13-/m0/s1. The van der Waals surface area contributed by atoms with Crippen LogP contribution in [0.3, 0.4) is 0 Å². The molecular weight excluding hydrogens is 266 g/mol. The summed E-state index contributed by atoms with van der Waals surface area (Å²) < 4.78 is 5.41. The third-order valence-corrected chi connectivity index (χ3v) is 4.39. The SMILES string of the molecule is CN(C(=O)c1ccccc1N1CCOCC1)[C@H]1CCNC1. The summed E-state index contributed by atoms with van der Waals surface area (Å²) in [6.07, 6.45) is 1.03. The molecule has 1 atom stereocenters. The van der Waals surface area contributed by atoms with Gasteiger partial charge in [0.1, 0.15) is 0 Å². The number of hydrogen-bond donors (Lipinski definition) is 1. The van der Waals surface area contributed by atoms with Gasteiger partial charge in [-0.2, -0.15) is 0 Å². The van der Waals surface area contributed by atoms with Crippen molar-refractivity contribution in [3.8, 4) is 0 Å². The molecule has 1 amide bonds. The van der Waals surface area contributed by atoms with E-state index in [0.717, 1.165) is 57.1 Å². The van der Waals surface area contributed by atoms with Gasteiger partial charge >= 0.3 is 0 Å². The van der Waals surface area contributed by atoms with E-state index in [2.05, 4.69) is 10.2 Å². The van der Waals surface area contributed by atoms with Crippen molar-refractivity contribution in [3.63, 3.8) is 0 Å². The fourth-order valence-corrected chi connectivity index (χ4v) is 3.06. The predicted octanol–water partition coefficient (Wildman–Crippen LogP) is 0.957. The number of nitrogens with one attached hydrogen (secondary N) is 1. The minimum atomic E-state index is 0.116. The van der Waals surface area contributed by atoms with Crippen molar-refractivity contribution >= 4 is 11.6 Å². The number of hydrogen-bond acceptors (Lipinski definition) is 4. The van der Waals surface area contributed by atoms with Crippen LogP contribution in [0.25, 0.3) is 0 Å². The molecule has 2 heterocycles. The number of likely N-dealkylation sites (N-methyl/N-ethyl adjacent to an activating group) is 1. The van der Waals surface area contributed by atoms with Crippen LogP contribution >= 0.6 is 0 Å². The minimum absolute atomic E-state index is 0.116. The van der Waals surface area contributed by atoms with Gasteiger partial charge < -0.3 is 19.9 Å². The number of rotatable bonds is 3. The number of nitrogens with zero attached hydrogens (tertiary/aromatic N) is 2. The van der Waals surface area contributed by atoms with E-state index in [9.17, 15) is 4.79 Å². The zero-order valence-electron chi connectivity index (χ0n) is 12.5.